The number of nitrogens with zero attached hydrogens (tertiary/aromatic N) is 4. The normalized spacial score (nSPS) is 11.6. The molecular formula is C68H44N4. The lowest BCUT2D eigenvalue weighted by Gasteiger charge is -2.29. The maximum absolute atomic E-state index is 4.46. The first-order chi connectivity index (χ1) is 35.7. The summed E-state index contributed by atoms with van der Waals surface area (Å²) in [7, 11) is 0. The Kier molecular flexibility index (Phi) is 9.82. The molecule has 0 bridgehead atoms. The van der Waals surface area contributed by atoms with E-state index < -0.39 is 0 Å². The lowest BCUT2D eigenvalue weighted by Crippen LogP contribution is -2.11. The molecule has 336 valence electrons. The molecule has 72 heavy (non-hydrogen) atoms. The van der Waals surface area contributed by atoms with Gasteiger partial charge in [-0.1, -0.05) is 152 Å². The Bertz CT molecular complexity index is 4350. The van der Waals surface area contributed by atoms with E-state index >= 15 is 0 Å². The summed E-state index contributed by atoms with van der Waals surface area (Å²) in [6.45, 7) is 0. The highest BCUT2D eigenvalue weighted by Crippen LogP contribution is 2.50. The largest absolute Gasteiger partial charge is 0.310 e. The second-order valence-corrected chi connectivity index (χ2v) is 18.6. The smallest absolute Gasteiger partial charge is 0.0546 e. The summed E-state index contributed by atoms with van der Waals surface area (Å²) in [4.78, 5) is 11.3. The summed E-state index contributed by atoms with van der Waals surface area (Å²) in [5.74, 6) is 0. The Morgan fingerprint density at radius 1 is 0.306 bits per heavy atom. The fourth-order valence-electron chi connectivity index (χ4n) is 11.2. The van der Waals surface area contributed by atoms with E-state index in [1.165, 1.54) is 65.3 Å². The minimum absolute atomic E-state index is 1.06. The number of anilines is 3. The van der Waals surface area contributed by atoms with Crippen LogP contribution < -0.4 is 4.90 Å². The number of aromatic nitrogens is 3. The van der Waals surface area contributed by atoms with Gasteiger partial charge in [0, 0.05) is 68.8 Å². The van der Waals surface area contributed by atoms with E-state index in [-0.39, 0.29) is 0 Å². The third kappa shape index (κ3) is 6.92. The maximum Gasteiger partial charge on any atom is 0.0546 e. The first-order valence-corrected chi connectivity index (χ1v) is 24.5. The highest BCUT2D eigenvalue weighted by molar-refractivity contribution is 6.25. The highest BCUT2D eigenvalue weighted by Gasteiger charge is 2.24. The molecule has 0 aliphatic rings. The molecule has 0 saturated carbocycles. The topological polar surface area (TPSA) is 34.0 Å². The average Bonchev–Trinajstić information content (AvgIpc) is 3.79. The SMILES string of the molecule is c1ccc(N(c2ccc(-n3c4ccccc4c4ccccc43)cc2)c2cccc3c(-c4cccc(-c5ccc6ccncc6c5)c4)c4ccccc4c(-c4cccc(-c5ccc6ccncc6c5)c4)c23)cc1. The van der Waals surface area contributed by atoms with Crippen LogP contribution in [0.4, 0.5) is 17.1 Å². The van der Waals surface area contributed by atoms with Crippen LogP contribution in [0.2, 0.25) is 0 Å². The number of para-hydroxylation sites is 3. The second-order valence-electron chi connectivity index (χ2n) is 18.6. The summed E-state index contributed by atoms with van der Waals surface area (Å²) < 4.78 is 2.39. The van der Waals surface area contributed by atoms with E-state index in [4.69, 9.17) is 0 Å². The summed E-state index contributed by atoms with van der Waals surface area (Å²) >= 11 is 0. The molecule has 4 heteroatoms. The van der Waals surface area contributed by atoms with Crippen molar-refractivity contribution in [3.05, 3.63) is 267 Å². The lowest BCUT2D eigenvalue weighted by atomic mass is 9.84. The molecule has 3 aromatic heterocycles. The van der Waals surface area contributed by atoms with Gasteiger partial charge in [0.1, 0.15) is 0 Å². The molecule has 0 radical (unpaired) electrons. The summed E-state index contributed by atoms with van der Waals surface area (Å²) in [5, 5.41) is 11.8. The van der Waals surface area contributed by atoms with Gasteiger partial charge in [-0.15, -0.1) is 0 Å². The quantitative estimate of drug-likeness (QED) is 0.142. The summed E-state index contributed by atoms with van der Waals surface area (Å²) in [6, 6.07) is 88.8. The van der Waals surface area contributed by atoms with Gasteiger partial charge in [0.2, 0.25) is 0 Å². The molecule has 0 N–H and O–H groups in total. The fraction of sp³-hybridized carbons (Fsp3) is 0. The molecule has 14 aromatic rings. The number of benzene rings is 11. The second kappa shape index (κ2) is 17.1. The third-order valence-corrected chi connectivity index (χ3v) is 14.5. The van der Waals surface area contributed by atoms with Gasteiger partial charge in [-0.3, -0.25) is 9.97 Å². The zero-order valence-corrected chi connectivity index (χ0v) is 39.2. The van der Waals surface area contributed by atoms with Crippen molar-refractivity contribution in [1.29, 1.82) is 0 Å². The van der Waals surface area contributed by atoms with Crippen LogP contribution in [0.25, 0.3) is 115 Å². The van der Waals surface area contributed by atoms with E-state index in [1.807, 2.05) is 24.8 Å². The molecule has 0 unspecified atom stereocenters. The van der Waals surface area contributed by atoms with Crippen LogP contribution in [-0.2, 0) is 0 Å². The van der Waals surface area contributed by atoms with E-state index in [0.29, 0.717) is 0 Å². The van der Waals surface area contributed by atoms with E-state index in [9.17, 15) is 0 Å². The molecule has 0 aliphatic carbocycles. The molecule has 0 amide bonds. The van der Waals surface area contributed by atoms with Crippen LogP contribution in [0, 0.1) is 0 Å². The molecule has 3 heterocycles. The summed E-state index contributed by atoms with van der Waals surface area (Å²) in [6.07, 6.45) is 7.62. The Hall–Kier alpha value is -9.64. The standard InChI is InChI=1S/C68H44N4/c1-2-17-55(18-3-1)71(56-31-33-57(34-32-56)72-63-24-8-6-19-58(63)59-20-7-9-25-64(59)72)65-26-12-23-62-66(51-15-10-13-47(39-51)49-29-27-45-35-37-69-43-53(45)41-49)60-21-4-5-22-61(60)67(68(62)65)52-16-11-14-48(40-52)50-30-28-46-36-38-70-44-54(46)42-50/h1-44H. The van der Waals surface area contributed by atoms with Crippen LogP contribution in [0.15, 0.2) is 267 Å². The molecule has 0 aliphatic heterocycles. The van der Waals surface area contributed by atoms with E-state index in [2.05, 4.69) is 262 Å². The van der Waals surface area contributed by atoms with Crippen LogP contribution >= 0.6 is 0 Å². The van der Waals surface area contributed by atoms with Crippen molar-refractivity contribution in [3.8, 4) is 50.2 Å². The van der Waals surface area contributed by atoms with Crippen LogP contribution in [0.1, 0.15) is 0 Å². The van der Waals surface area contributed by atoms with Gasteiger partial charge >= 0.3 is 0 Å². The van der Waals surface area contributed by atoms with Gasteiger partial charge in [-0.05, 0) is 162 Å². The number of hydrogen-bond acceptors (Lipinski definition) is 3. The van der Waals surface area contributed by atoms with Gasteiger partial charge in [0.05, 0.1) is 16.7 Å². The van der Waals surface area contributed by atoms with Crippen molar-refractivity contribution in [2.45, 2.75) is 0 Å². The first-order valence-electron chi connectivity index (χ1n) is 24.5. The molecule has 11 aromatic carbocycles. The highest BCUT2D eigenvalue weighted by atomic mass is 15.1. The van der Waals surface area contributed by atoms with Crippen molar-refractivity contribution in [2.24, 2.45) is 0 Å². The Labute approximate surface area is 417 Å². The molecule has 0 fully saturated rings. The molecule has 4 nitrogen and oxygen atoms in total. The van der Waals surface area contributed by atoms with Gasteiger partial charge in [-0.25, -0.2) is 0 Å². The van der Waals surface area contributed by atoms with Gasteiger partial charge in [-0.2, -0.15) is 0 Å². The zero-order chi connectivity index (χ0) is 47.5. The van der Waals surface area contributed by atoms with Crippen LogP contribution in [0.3, 0.4) is 0 Å². The van der Waals surface area contributed by atoms with Crippen molar-refractivity contribution < 1.29 is 0 Å². The Balaban J connectivity index is 1.03. The third-order valence-electron chi connectivity index (χ3n) is 14.5. The van der Waals surface area contributed by atoms with E-state index in [1.54, 1.807) is 0 Å². The average molecular weight is 917 g/mol. The van der Waals surface area contributed by atoms with Crippen molar-refractivity contribution in [3.63, 3.8) is 0 Å². The minimum Gasteiger partial charge on any atom is -0.310 e. The number of fused-ring (bicyclic) bond motifs is 7. The van der Waals surface area contributed by atoms with Crippen LogP contribution in [0.5, 0.6) is 0 Å². The predicted octanol–water partition coefficient (Wildman–Crippen LogP) is 18.3. The van der Waals surface area contributed by atoms with Gasteiger partial charge < -0.3 is 9.47 Å². The first kappa shape index (κ1) is 41.3. The number of rotatable bonds is 8. The molecule has 0 atom stereocenters. The Morgan fingerprint density at radius 3 is 1.39 bits per heavy atom. The van der Waals surface area contributed by atoms with Crippen LogP contribution in [-0.4, -0.2) is 14.5 Å². The van der Waals surface area contributed by atoms with Crippen molar-refractivity contribution >= 4 is 82.0 Å². The van der Waals surface area contributed by atoms with Gasteiger partial charge in [0.15, 0.2) is 0 Å². The van der Waals surface area contributed by atoms with Crippen molar-refractivity contribution in [1.82, 2.24) is 14.5 Å². The predicted molar refractivity (Wildman–Crippen MR) is 303 cm³/mol. The summed E-state index contributed by atoms with van der Waals surface area (Å²) in [5.41, 5.74) is 16.0. The molecule has 0 saturated heterocycles. The maximum atomic E-state index is 4.46. The molecular weight excluding hydrogens is 873 g/mol. The monoisotopic (exact) mass is 916 g/mol. The zero-order valence-electron chi connectivity index (χ0n) is 39.2. The van der Waals surface area contributed by atoms with E-state index in [0.717, 1.165) is 66.9 Å². The number of pyridine rings is 2. The van der Waals surface area contributed by atoms with Gasteiger partial charge in [0.25, 0.3) is 0 Å². The minimum atomic E-state index is 1.06. The van der Waals surface area contributed by atoms with Crippen molar-refractivity contribution in [2.75, 3.05) is 4.90 Å². The molecule has 0 spiro atoms. The number of hydrogen-bond donors (Lipinski definition) is 0. The molecule has 14 rings (SSSR count). The fourth-order valence-corrected chi connectivity index (χ4v) is 11.2. The lowest BCUT2D eigenvalue weighted by molar-refractivity contribution is 1.17. The Morgan fingerprint density at radius 2 is 0.778 bits per heavy atom.